The van der Waals surface area contributed by atoms with E-state index in [2.05, 4.69) is 0 Å². The van der Waals surface area contributed by atoms with Crippen LogP contribution in [0.3, 0.4) is 0 Å². The molecule has 0 unspecified atom stereocenters. The predicted molar refractivity (Wildman–Crippen MR) is 86.3 cm³/mol. The molecule has 0 aromatic carbocycles. The van der Waals surface area contributed by atoms with Crippen molar-refractivity contribution in [1.82, 2.24) is 0 Å². The van der Waals surface area contributed by atoms with Crippen LogP contribution >= 0.6 is 0 Å². The lowest BCUT2D eigenvalue weighted by Gasteiger charge is -2.20. The SMILES string of the molecule is CCCOC(=O)/C(=C(\C(=O)OCCC)C1CCCC1)C(C)C. The van der Waals surface area contributed by atoms with Crippen LogP contribution in [0.1, 0.15) is 66.2 Å². The Morgan fingerprint density at radius 3 is 1.91 bits per heavy atom. The third-order valence-corrected chi connectivity index (χ3v) is 3.95. The van der Waals surface area contributed by atoms with Gasteiger partial charge in [0, 0.05) is 0 Å². The molecule has 1 aliphatic carbocycles. The molecule has 1 fully saturated rings. The predicted octanol–water partition coefficient (Wildman–Crippen LogP) is 4.04. The van der Waals surface area contributed by atoms with Crippen molar-refractivity contribution >= 4 is 11.9 Å². The van der Waals surface area contributed by atoms with Crippen LogP contribution in [0.2, 0.25) is 0 Å². The van der Waals surface area contributed by atoms with Gasteiger partial charge in [0.25, 0.3) is 0 Å². The summed E-state index contributed by atoms with van der Waals surface area (Å²) in [7, 11) is 0. The first-order chi connectivity index (χ1) is 10.5. The third-order valence-electron chi connectivity index (χ3n) is 3.95. The average molecular weight is 310 g/mol. The molecule has 0 bridgehead atoms. The molecule has 1 saturated carbocycles. The summed E-state index contributed by atoms with van der Waals surface area (Å²) in [4.78, 5) is 25.0. The summed E-state index contributed by atoms with van der Waals surface area (Å²) in [6.45, 7) is 8.57. The van der Waals surface area contributed by atoms with Crippen LogP contribution in [-0.4, -0.2) is 25.2 Å². The molecule has 126 valence electrons. The van der Waals surface area contributed by atoms with Gasteiger partial charge in [-0.2, -0.15) is 0 Å². The zero-order valence-electron chi connectivity index (χ0n) is 14.4. The van der Waals surface area contributed by atoms with Crippen molar-refractivity contribution < 1.29 is 19.1 Å². The first-order valence-corrected chi connectivity index (χ1v) is 8.61. The minimum Gasteiger partial charge on any atom is -0.462 e. The summed E-state index contributed by atoms with van der Waals surface area (Å²) in [5.41, 5.74) is 1.09. The fraction of sp³-hybridized carbons (Fsp3) is 0.778. The molecule has 4 heteroatoms. The molecule has 0 amide bonds. The zero-order chi connectivity index (χ0) is 16.5. The highest BCUT2D eigenvalue weighted by Gasteiger charge is 2.33. The standard InChI is InChI=1S/C18H30O4/c1-5-11-21-17(19)15(13(3)4)16(14-9-7-8-10-14)18(20)22-12-6-2/h13-14H,5-12H2,1-4H3/b16-15-. The minimum atomic E-state index is -0.354. The number of rotatable bonds is 8. The smallest absolute Gasteiger partial charge is 0.334 e. The van der Waals surface area contributed by atoms with Gasteiger partial charge in [-0.3, -0.25) is 0 Å². The van der Waals surface area contributed by atoms with E-state index in [1.165, 1.54) is 0 Å². The van der Waals surface area contributed by atoms with E-state index in [0.29, 0.717) is 24.4 Å². The molecule has 0 spiro atoms. The van der Waals surface area contributed by atoms with Crippen LogP contribution in [0.15, 0.2) is 11.1 Å². The highest BCUT2D eigenvalue weighted by atomic mass is 16.5. The first-order valence-electron chi connectivity index (χ1n) is 8.61. The number of ether oxygens (including phenoxy) is 2. The van der Waals surface area contributed by atoms with Crippen molar-refractivity contribution in [2.24, 2.45) is 11.8 Å². The second kappa shape index (κ2) is 9.65. The molecule has 22 heavy (non-hydrogen) atoms. The van der Waals surface area contributed by atoms with E-state index in [1.54, 1.807) is 0 Å². The van der Waals surface area contributed by atoms with Crippen molar-refractivity contribution in [3.05, 3.63) is 11.1 Å². The summed E-state index contributed by atoms with van der Waals surface area (Å²) < 4.78 is 10.7. The highest BCUT2D eigenvalue weighted by Crippen LogP contribution is 2.35. The van der Waals surface area contributed by atoms with Crippen molar-refractivity contribution in [3.63, 3.8) is 0 Å². The van der Waals surface area contributed by atoms with Gasteiger partial charge in [0.1, 0.15) is 0 Å². The van der Waals surface area contributed by atoms with Crippen LogP contribution < -0.4 is 0 Å². The minimum absolute atomic E-state index is 0.0471. The van der Waals surface area contributed by atoms with Crippen molar-refractivity contribution in [2.45, 2.75) is 66.2 Å². The Hall–Kier alpha value is -1.32. The lowest BCUT2D eigenvalue weighted by atomic mass is 9.87. The molecule has 0 heterocycles. The van der Waals surface area contributed by atoms with Crippen LogP contribution in [0.4, 0.5) is 0 Å². The van der Waals surface area contributed by atoms with Gasteiger partial charge in [-0.15, -0.1) is 0 Å². The van der Waals surface area contributed by atoms with Gasteiger partial charge in [-0.05, 0) is 37.5 Å². The van der Waals surface area contributed by atoms with Gasteiger partial charge in [0.2, 0.25) is 0 Å². The molecule has 0 saturated heterocycles. The Bertz CT molecular complexity index is 403. The number of hydrogen-bond donors (Lipinski definition) is 0. The normalized spacial score (nSPS) is 16.6. The topological polar surface area (TPSA) is 52.6 Å². The summed E-state index contributed by atoms with van der Waals surface area (Å²) in [6.07, 6.45) is 5.66. The molecular weight excluding hydrogens is 280 g/mol. The van der Waals surface area contributed by atoms with Crippen molar-refractivity contribution in [2.75, 3.05) is 13.2 Å². The summed E-state index contributed by atoms with van der Waals surface area (Å²) in [5, 5.41) is 0. The molecule has 0 aromatic rings. The second-order valence-corrected chi connectivity index (χ2v) is 6.24. The Morgan fingerprint density at radius 1 is 0.955 bits per heavy atom. The lowest BCUT2D eigenvalue weighted by molar-refractivity contribution is -0.143. The van der Waals surface area contributed by atoms with E-state index < -0.39 is 0 Å². The molecule has 1 aliphatic rings. The Kier molecular flexibility index (Phi) is 8.21. The summed E-state index contributed by atoms with van der Waals surface area (Å²) in [6, 6.07) is 0. The second-order valence-electron chi connectivity index (χ2n) is 6.24. The Labute approximate surface area is 134 Å². The number of carbonyl (C=O) groups excluding carboxylic acids is 2. The Morgan fingerprint density at radius 2 is 1.45 bits per heavy atom. The van der Waals surface area contributed by atoms with Gasteiger partial charge < -0.3 is 9.47 Å². The first kappa shape index (κ1) is 18.7. The van der Waals surface area contributed by atoms with E-state index in [4.69, 9.17) is 9.47 Å². The van der Waals surface area contributed by atoms with E-state index >= 15 is 0 Å². The van der Waals surface area contributed by atoms with Gasteiger partial charge in [0.15, 0.2) is 0 Å². The van der Waals surface area contributed by atoms with Gasteiger partial charge in [-0.25, -0.2) is 9.59 Å². The van der Waals surface area contributed by atoms with Crippen LogP contribution in [0.5, 0.6) is 0 Å². The number of esters is 2. The third kappa shape index (κ3) is 5.15. The maximum absolute atomic E-state index is 12.5. The fourth-order valence-corrected chi connectivity index (χ4v) is 2.91. The quantitative estimate of drug-likeness (QED) is 0.501. The molecule has 4 nitrogen and oxygen atoms in total. The monoisotopic (exact) mass is 310 g/mol. The zero-order valence-corrected chi connectivity index (χ0v) is 14.4. The van der Waals surface area contributed by atoms with Crippen LogP contribution in [0.25, 0.3) is 0 Å². The molecular formula is C18H30O4. The average Bonchev–Trinajstić information content (AvgIpc) is 3.01. The maximum Gasteiger partial charge on any atom is 0.334 e. The summed E-state index contributed by atoms with van der Waals surface area (Å²) in [5.74, 6) is -0.594. The number of carbonyl (C=O) groups is 2. The molecule has 0 aromatic heterocycles. The van der Waals surface area contributed by atoms with Crippen molar-refractivity contribution in [1.29, 1.82) is 0 Å². The molecule has 0 atom stereocenters. The van der Waals surface area contributed by atoms with E-state index in [-0.39, 0.29) is 23.8 Å². The van der Waals surface area contributed by atoms with E-state index in [0.717, 1.165) is 38.5 Å². The van der Waals surface area contributed by atoms with E-state index in [1.807, 2.05) is 27.7 Å². The summed E-state index contributed by atoms with van der Waals surface area (Å²) >= 11 is 0. The molecule has 0 radical (unpaired) electrons. The van der Waals surface area contributed by atoms with Gasteiger partial charge in [-0.1, -0.05) is 40.5 Å². The highest BCUT2D eigenvalue weighted by molar-refractivity contribution is 6.01. The van der Waals surface area contributed by atoms with Gasteiger partial charge in [0.05, 0.1) is 24.4 Å². The van der Waals surface area contributed by atoms with Crippen LogP contribution in [-0.2, 0) is 19.1 Å². The largest absolute Gasteiger partial charge is 0.462 e. The molecule has 1 rings (SSSR count). The molecule has 0 N–H and O–H groups in total. The Balaban J connectivity index is 3.13. The van der Waals surface area contributed by atoms with Crippen molar-refractivity contribution in [3.8, 4) is 0 Å². The van der Waals surface area contributed by atoms with Crippen LogP contribution in [0, 0.1) is 11.8 Å². The number of hydrogen-bond acceptors (Lipinski definition) is 4. The fourth-order valence-electron chi connectivity index (χ4n) is 2.91. The lowest BCUT2D eigenvalue weighted by Crippen LogP contribution is -2.24. The van der Waals surface area contributed by atoms with Gasteiger partial charge >= 0.3 is 11.9 Å². The van der Waals surface area contributed by atoms with E-state index in [9.17, 15) is 9.59 Å². The molecule has 0 aliphatic heterocycles. The maximum atomic E-state index is 12.5.